The predicted octanol–water partition coefficient (Wildman–Crippen LogP) is 2.74. The molecule has 0 radical (unpaired) electrons. The SMILES string of the molecule is Cc1ccccc1.Oc1ccccc1.[NaH]. The average Bonchev–Trinajstić information content (AvgIpc) is 2.21. The Hall–Kier alpha value is -0.760. The monoisotopic (exact) mass is 210 g/mol. The van der Waals surface area contributed by atoms with Gasteiger partial charge in [-0.25, -0.2) is 0 Å². The first kappa shape index (κ1) is 14.2. The first-order chi connectivity index (χ1) is 6.79. The van der Waals surface area contributed by atoms with Crippen LogP contribution >= 0.6 is 0 Å². The number of aryl methyl sites for hydroxylation is 1. The summed E-state index contributed by atoms with van der Waals surface area (Å²) in [5.41, 5.74) is 1.32. The number of hydrogen-bond donors (Lipinski definition) is 1. The van der Waals surface area contributed by atoms with E-state index in [2.05, 4.69) is 19.1 Å². The van der Waals surface area contributed by atoms with Gasteiger partial charge >= 0.3 is 29.6 Å². The molecule has 0 saturated carbocycles. The molecule has 0 fully saturated rings. The van der Waals surface area contributed by atoms with Gasteiger partial charge in [0.25, 0.3) is 0 Å². The molecule has 74 valence electrons. The molecule has 2 rings (SSSR count). The Bertz CT molecular complexity index is 308. The standard InChI is InChI=1S/C7H8.C6H6O.Na.H/c1-7-5-3-2-4-6-7;7-6-4-2-1-3-5-6;;/h2-6H,1H3;1-5,7H;;. The summed E-state index contributed by atoms with van der Waals surface area (Å²) in [6.45, 7) is 2.08. The topological polar surface area (TPSA) is 20.2 Å². The van der Waals surface area contributed by atoms with Gasteiger partial charge in [-0.1, -0.05) is 54.1 Å². The number of phenols is 1. The average molecular weight is 210 g/mol. The molecular formula is C13H15NaO. The van der Waals surface area contributed by atoms with Crippen molar-refractivity contribution in [3.63, 3.8) is 0 Å². The van der Waals surface area contributed by atoms with E-state index >= 15 is 0 Å². The second-order valence-corrected chi connectivity index (χ2v) is 2.99. The number of benzene rings is 2. The quantitative estimate of drug-likeness (QED) is 0.663. The number of aromatic hydroxyl groups is 1. The van der Waals surface area contributed by atoms with Crippen LogP contribution in [-0.2, 0) is 0 Å². The Kier molecular flexibility index (Phi) is 8.11. The van der Waals surface area contributed by atoms with E-state index in [9.17, 15) is 0 Å². The van der Waals surface area contributed by atoms with Crippen molar-refractivity contribution in [2.45, 2.75) is 6.92 Å². The Labute approximate surface area is 113 Å². The molecule has 0 atom stereocenters. The summed E-state index contributed by atoms with van der Waals surface area (Å²) in [4.78, 5) is 0. The molecule has 0 aliphatic rings. The molecule has 2 aromatic rings. The zero-order valence-corrected chi connectivity index (χ0v) is 8.22. The minimum absolute atomic E-state index is 0. The van der Waals surface area contributed by atoms with Crippen molar-refractivity contribution in [3.8, 4) is 5.75 Å². The van der Waals surface area contributed by atoms with Crippen LogP contribution in [0.15, 0.2) is 60.7 Å². The molecule has 2 heteroatoms. The molecule has 0 aliphatic carbocycles. The first-order valence-electron chi connectivity index (χ1n) is 4.54. The summed E-state index contributed by atoms with van der Waals surface area (Å²) in [6, 6.07) is 19.0. The zero-order valence-electron chi connectivity index (χ0n) is 8.22. The second kappa shape index (κ2) is 8.54. The second-order valence-electron chi connectivity index (χ2n) is 2.99. The Morgan fingerprint density at radius 1 is 0.733 bits per heavy atom. The van der Waals surface area contributed by atoms with Crippen LogP contribution in [0.5, 0.6) is 5.75 Å². The van der Waals surface area contributed by atoms with Gasteiger partial charge in [-0.2, -0.15) is 0 Å². The number of para-hydroxylation sites is 1. The van der Waals surface area contributed by atoms with Crippen LogP contribution in [0.4, 0.5) is 0 Å². The maximum absolute atomic E-state index is 8.63. The van der Waals surface area contributed by atoms with E-state index in [4.69, 9.17) is 5.11 Å². The van der Waals surface area contributed by atoms with E-state index in [1.165, 1.54) is 5.56 Å². The van der Waals surface area contributed by atoms with Gasteiger partial charge in [0.1, 0.15) is 5.75 Å². The molecule has 0 saturated heterocycles. The third-order valence-electron chi connectivity index (χ3n) is 1.70. The normalized spacial score (nSPS) is 8.07. The molecule has 1 N–H and O–H groups in total. The van der Waals surface area contributed by atoms with E-state index in [0.717, 1.165) is 0 Å². The fraction of sp³-hybridized carbons (Fsp3) is 0.0769. The van der Waals surface area contributed by atoms with Crippen molar-refractivity contribution >= 4 is 29.6 Å². The van der Waals surface area contributed by atoms with E-state index in [1.807, 2.05) is 24.3 Å². The van der Waals surface area contributed by atoms with Gasteiger partial charge in [-0.05, 0) is 19.1 Å². The molecule has 15 heavy (non-hydrogen) atoms. The molecule has 0 aliphatic heterocycles. The number of phenolic OH excluding ortho intramolecular Hbond substituents is 1. The van der Waals surface area contributed by atoms with Gasteiger partial charge in [-0.3, -0.25) is 0 Å². The molecule has 0 amide bonds. The van der Waals surface area contributed by atoms with E-state index in [1.54, 1.807) is 24.3 Å². The van der Waals surface area contributed by atoms with Crippen LogP contribution in [0.3, 0.4) is 0 Å². The van der Waals surface area contributed by atoms with E-state index in [-0.39, 0.29) is 29.6 Å². The summed E-state index contributed by atoms with van der Waals surface area (Å²) in [6.07, 6.45) is 0. The molecule has 0 bridgehead atoms. The van der Waals surface area contributed by atoms with Crippen LogP contribution in [0.2, 0.25) is 0 Å². The van der Waals surface area contributed by atoms with Crippen molar-refractivity contribution in [2.24, 2.45) is 0 Å². The van der Waals surface area contributed by atoms with Crippen molar-refractivity contribution < 1.29 is 5.11 Å². The molecular weight excluding hydrogens is 195 g/mol. The zero-order chi connectivity index (χ0) is 10.2. The molecule has 0 spiro atoms. The van der Waals surface area contributed by atoms with Crippen molar-refractivity contribution in [1.82, 2.24) is 0 Å². The van der Waals surface area contributed by atoms with Crippen molar-refractivity contribution in [3.05, 3.63) is 66.2 Å². The van der Waals surface area contributed by atoms with Gasteiger partial charge in [0.2, 0.25) is 0 Å². The van der Waals surface area contributed by atoms with E-state index in [0.29, 0.717) is 5.75 Å². The Morgan fingerprint density at radius 3 is 1.33 bits per heavy atom. The van der Waals surface area contributed by atoms with E-state index < -0.39 is 0 Å². The maximum atomic E-state index is 8.63. The first-order valence-corrected chi connectivity index (χ1v) is 4.54. The third kappa shape index (κ3) is 7.20. The Balaban J connectivity index is 0.000000245. The van der Waals surface area contributed by atoms with Crippen molar-refractivity contribution in [2.75, 3.05) is 0 Å². The molecule has 0 aromatic heterocycles. The summed E-state index contributed by atoms with van der Waals surface area (Å²) in [7, 11) is 0. The van der Waals surface area contributed by atoms with Crippen LogP contribution in [0.1, 0.15) is 5.56 Å². The predicted molar refractivity (Wildman–Crippen MR) is 66.4 cm³/mol. The summed E-state index contributed by atoms with van der Waals surface area (Å²) in [5, 5.41) is 8.63. The van der Waals surface area contributed by atoms with Crippen LogP contribution in [0, 0.1) is 6.92 Å². The third-order valence-corrected chi connectivity index (χ3v) is 1.70. The van der Waals surface area contributed by atoms with Gasteiger partial charge in [0.05, 0.1) is 0 Å². The Morgan fingerprint density at radius 2 is 1.13 bits per heavy atom. The van der Waals surface area contributed by atoms with Crippen LogP contribution in [-0.4, -0.2) is 34.7 Å². The summed E-state index contributed by atoms with van der Waals surface area (Å²) < 4.78 is 0. The van der Waals surface area contributed by atoms with Gasteiger partial charge in [-0.15, -0.1) is 0 Å². The number of rotatable bonds is 0. The minimum atomic E-state index is 0. The molecule has 1 nitrogen and oxygen atoms in total. The van der Waals surface area contributed by atoms with Gasteiger partial charge in [0, 0.05) is 0 Å². The molecule has 2 aromatic carbocycles. The fourth-order valence-corrected chi connectivity index (χ4v) is 0.962. The molecule has 0 unspecified atom stereocenters. The summed E-state index contributed by atoms with van der Waals surface area (Å²) >= 11 is 0. The summed E-state index contributed by atoms with van der Waals surface area (Å²) in [5.74, 6) is 0.322. The molecule has 0 heterocycles. The van der Waals surface area contributed by atoms with Crippen molar-refractivity contribution in [1.29, 1.82) is 0 Å². The fourth-order valence-electron chi connectivity index (χ4n) is 0.962. The van der Waals surface area contributed by atoms with Crippen LogP contribution < -0.4 is 0 Å². The number of hydrogen-bond acceptors (Lipinski definition) is 1. The van der Waals surface area contributed by atoms with Gasteiger partial charge in [0.15, 0.2) is 0 Å². The van der Waals surface area contributed by atoms with Crippen LogP contribution in [0.25, 0.3) is 0 Å². The van der Waals surface area contributed by atoms with Gasteiger partial charge < -0.3 is 5.11 Å².